The van der Waals surface area contributed by atoms with Gasteiger partial charge in [-0.25, -0.2) is 9.97 Å². The lowest BCUT2D eigenvalue weighted by Crippen LogP contribution is -1.81. The predicted octanol–water partition coefficient (Wildman–Crippen LogP) is 6.56. The Morgan fingerprint density at radius 1 is 0.792 bits per heavy atom. The fourth-order valence-corrected chi connectivity index (χ4v) is 4.28. The molecule has 2 aromatic heterocycles. The number of aromatic nitrogens is 2. The van der Waals surface area contributed by atoms with Crippen LogP contribution in [0.5, 0.6) is 0 Å². The van der Waals surface area contributed by atoms with E-state index in [1.807, 2.05) is 29.6 Å². The molecular formula is C19H13ClN2S2. The fraction of sp³-hybridized carbons (Fsp3) is 0.0526. The van der Waals surface area contributed by atoms with Gasteiger partial charge in [0.1, 0.15) is 0 Å². The van der Waals surface area contributed by atoms with E-state index in [9.17, 15) is 0 Å². The molecule has 24 heavy (non-hydrogen) atoms. The summed E-state index contributed by atoms with van der Waals surface area (Å²) in [6.07, 6.45) is 0. The molecule has 0 N–H and O–H groups in total. The van der Waals surface area contributed by atoms with E-state index in [2.05, 4.69) is 36.6 Å². The number of benzene rings is 2. The van der Waals surface area contributed by atoms with Crippen LogP contribution in [0.1, 0.15) is 5.56 Å². The summed E-state index contributed by atoms with van der Waals surface area (Å²) in [7, 11) is 0. The Kier molecular flexibility index (Phi) is 4.19. The van der Waals surface area contributed by atoms with Crippen LogP contribution in [0.15, 0.2) is 59.3 Å². The summed E-state index contributed by atoms with van der Waals surface area (Å²) >= 11 is 9.30. The second-order valence-corrected chi connectivity index (χ2v) is 7.60. The minimum Gasteiger partial charge on any atom is -0.233 e. The van der Waals surface area contributed by atoms with Crippen LogP contribution in [0.25, 0.3) is 32.5 Å². The van der Waals surface area contributed by atoms with Crippen molar-refractivity contribution in [2.45, 2.75) is 6.92 Å². The molecular weight excluding hydrogens is 356 g/mol. The molecule has 0 aliphatic heterocycles. The van der Waals surface area contributed by atoms with E-state index < -0.39 is 0 Å². The van der Waals surface area contributed by atoms with Crippen LogP contribution in [-0.4, -0.2) is 9.97 Å². The highest BCUT2D eigenvalue weighted by atomic mass is 35.5. The molecule has 0 saturated heterocycles. The third kappa shape index (κ3) is 3.13. The third-order valence-corrected chi connectivity index (χ3v) is 5.72. The molecule has 0 aliphatic rings. The molecule has 0 fully saturated rings. The van der Waals surface area contributed by atoms with Crippen molar-refractivity contribution in [3.8, 4) is 32.5 Å². The van der Waals surface area contributed by atoms with Crippen LogP contribution in [0.4, 0.5) is 0 Å². The minimum atomic E-state index is 0.720. The molecule has 0 radical (unpaired) electrons. The monoisotopic (exact) mass is 368 g/mol. The maximum absolute atomic E-state index is 6.07. The van der Waals surface area contributed by atoms with E-state index in [4.69, 9.17) is 21.6 Å². The molecule has 4 aromatic rings. The maximum atomic E-state index is 6.07. The van der Waals surface area contributed by atoms with Crippen LogP contribution in [-0.2, 0) is 0 Å². The molecule has 4 rings (SSSR count). The predicted molar refractivity (Wildman–Crippen MR) is 104 cm³/mol. The second kappa shape index (κ2) is 6.48. The molecule has 5 heteroatoms. The molecule has 0 unspecified atom stereocenters. The zero-order chi connectivity index (χ0) is 16.5. The van der Waals surface area contributed by atoms with Gasteiger partial charge in [-0.05, 0) is 19.1 Å². The Morgan fingerprint density at radius 3 is 2.04 bits per heavy atom. The van der Waals surface area contributed by atoms with Crippen LogP contribution in [0.3, 0.4) is 0 Å². The highest BCUT2D eigenvalue weighted by molar-refractivity contribution is 7.20. The van der Waals surface area contributed by atoms with Crippen molar-refractivity contribution in [3.05, 3.63) is 69.9 Å². The van der Waals surface area contributed by atoms with Gasteiger partial charge in [0.15, 0.2) is 10.0 Å². The summed E-state index contributed by atoms with van der Waals surface area (Å²) in [5, 5.41) is 6.74. The topological polar surface area (TPSA) is 25.8 Å². The maximum Gasteiger partial charge on any atom is 0.152 e. The van der Waals surface area contributed by atoms with Gasteiger partial charge in [-0.2, -0.15) is 0 Å². The molecule has 0 bridgehead atoms. The summed E-state index contributed by atoms with van der Waals surface area (Å²) in [5.74, 6) is 0. The van der Waals surface area contributed by atoms with Crippen LogP contribution >= 0.6 is 34.3 Å². The van der Waals surface area contributed by atoms with Gasteiger partial charge in [0.2, 0.25) is 0 Å². The van der Waals surface area contributed by atoms with Crippen LogP contribution in [0.2, 0.25) is 5.02 Å². The van der Waals surface area contributed by atoms with Crippen molar-refractivity contribution in [1.29, 1.82) is 0 Å². The SMILES string of the molecule is Cc1ccc(-c2csc(-c3nc(-c4cccc(Cl)c4)cs3)n2)cc1. The molecule has 0 atom stereocenters. The summed E-state index contributed by atoms with van der Waals surface area (Å²) in [5.41, 5.74) is 5.34. The van der Waals surface area contributed by atoms with Gasteiger partial charge in [0, 0.05) is 26.9 Å². The molecule has 0 aliphatic carbocycles. The Labute approximate surface area is 153 Å². The van der Waals surface area contributed by atoms with E-state index in [1.165, 1.54) is 5.56 Å². The highest BCUT2D eigenvalue weighted by Gasteiger charge is 2.11. The van der Waals surface area contributed by atoms with Gasteiger partial charge < -0.3 is 0 Å². The van der Waals surface area contributed by atoms with E-state index in [0.717, 1.165) is 37.6 Å². The van der Waals surface area contributed by atoms with Crippen molar-refractivity contribution in [1.82, 2.24) is 9.97 Å². The molecule has 118 valence electrons. The first kappa shape index (κ1) is 15.5. The van der Waals surface area contributed by atoms with Gasteiger partial charge in [-0.1, -0.05) is 53.6 Å². The lowest BCUT2D eigenvalue weighted by Gasteiger charge is -1.97. The van der Waals surface area contributed by atoms with Crippen LogP contribution in [0, 0.1) is 6.92 Å². The molecule has 0 saturated carbocycles. The number of hydrogen-bond acceptors (Lipinski definition) is 4. The first-order valence-electron chi connectivity index (χ1n) is 7.43. The first-order valence-corrected chi connectivity index (χ1v) is 9.57. The quantitative estimate of drug-likeness (QED) is 0.409. The molecule has 0 spiro atoms. The number of hydrogen-bond donors (Lipinski definition) is 0. The fourth-order valence-electron chi connectivity index (χ4n) is 2.38. The lowest BCUT2D eigenvalue weighted by molar-refractivity contribution is 1.35. The largest absolute Gasteiger partial charge is 0.233 e. The smallest absolute Gasteiger partial charge is 0.152 e. The van der Waals surface area contributed by atoms with Crippen molar-refractivity contribution in [2.75, 3.05) is 0 Å². The summed E-state index contributed by atoms with van der Waals surface area (Å²) < 4.78 is 0. The Hall–Kier alpha value is -2.01. The molecule has 0 amide bonds. The van der Waals surface area contributed by atoms with Gasteiger partial charge in [-0.15, -0.1) is 22.7 Å². The minimum absolute atomic E-state index is 0.720. The molecule has 2 aromatic carbocycles. The summed E-state index contributed by atoms with van der Waals surface area (Å²) in [4.78, 5) is 9.47. The zero-order valence-corrected chi connectivity index (χ0v) is 15.3. The van der Waals surface area contributed by atoms with E-state index in [1.54, 1.807) is 22.7 Å². The van der Waals surface area contributed by atoms with E-state index in [-0.39, 0.29) is 0 Å². The van der Waals surface area contributed by atoms with Gasteiger partial charge in [0.25, 0.3) is 0 Å². The van der Waals surface area contributed by atoms with Gasteiger partial charge in [-0.3, -0.25) is 0 Å². The standard InChI is InChI=1S/C19H13ClN2S2/c1-12-5-7-13(8-6-12)16-10-23-18(21-16)19-22-17(11-24-19)14-3-2-4-15(20)9-14/h2-11H,1H3. The van der Waals surface area contributed by atoms with Crippen molar-refractivity contribution >= 4 is 34.3 Å². The second-order valence-electron chi connectivity index (χ2n) is 5.45. The Morgan fingerprint density at radius 2 is 1.42 bits per heavy atom. The van der Waals surface area contributed by atoms with Crippen molar-refractivity contribution in [3.63, 3.8) is 0 Å². The van der Waals surface area contributed by atoms with Crippen LogP contribution < -0.4 is 0 Å². The summed E-state index contributed by atoms with van der Waals surface area (Å²) in [6, 6.07) is 16.2. The van der Waals surface area contributed by atoms with Gasteiger partial charge in [0.05, 0.1) is 11.4 Å². The normalized spacial score (nSPS) is 10.9. The summed E-state index contributed by atoms with van der Waals surface area (Å²) in [6.45, 7) is 2.09. The number of nitrogens with zero attached hydrogens (tertiary/aromatic N) is 2. The first-order chi connectivity index (χ1) is 11.7. The van der Waals surface area contributed by atoms with Crippen molar-refractivity contribution in [2.24, 2.45) is 0 Å². The Balaban J connectivity index is 1.65. The highest BCUT2D eigenvalue weighted by Crippen LogP contribution is 2.33. The average molecular weight is 369 g/mol. The van der Waals surface area contributed by atoms with Gasteiger partial charge >= 0.3 is 0 Å². The molecule has 2 nitrogen and oxygen atoms in total. The van der Waals surface area contributed by atoms with E-state index >= 15 is 0 Å². The number of rotatable bonds is 3. The number of aryl methyl sites for hydroxylation is 1. The molecule has 2 heterocycles. The Bertz CT molecular complexity index is 987. The number of halogens is 1. The van der Waals surface area contributed by atoms with E-state index in [0.29, 0.717) is 0 Å². The lowest BCUT2D eigenvalue weighted by atomic mass is 10.1. The zero-order valence-electron chi connectivity index (χ0n) is 12.9. The average Bonchev–Trinajstić information content (AvgIpc) is 3.25. The number of thiazole rings is 2. The van der Waals surface area contributed by atoms with Crippen molar-refractivity contribution < 1.29 is 0 Å². The third-order valence-electron chi connectivity index (χ3n) is 3.66.